The van der Waals surface area contributed by atoms with Gasteiger partial charge in [0.05, 0.1) is 18.6 Å². The quantitative estimate of drug-likeness (QED) is 0.716. The van der Waals surface area contributed by atoms with Crippen molar-refractivity contribution in [1.82, 2.24) is 4.57 Å². The highest BCUT2D eigenvalue weighted by atomic mass is 32.2. The maximum absolute atomic E-state index is 12.5. The molecular formula is C16H16N2O5S. The first kappa shape index (κ1) is 16.1. The van der Waals surface area contributed by atoms with E-state index in [0.717, 1.165) is 5.39 Å². The summed E-state index contributed by atoms with van der Waals surface area (Å²) in [7, 11) is -2.25. The van der Waals surface area contributed by atoms with Crippen LogP contribution in [0.1, 0.15) is 17.4 Å². The van der Waals surface area contributed by atoms with E-state index in [-0.39, 0.29) is 17.2 Å². The van der Waals surface area contributed by atoms with E-state index in [2.05, 4.69) is 4.72 Å². The number of ether oxygens (including phenoxy) is 1. The predicted octanol–water partition coefficient (Wildman–Crippen LogP) is 2.75. The number of nitrogens with zero attached hydrogens (tertiary/aromatic N) is 1. The number of rotatable bonds is 5. The molecule has 24 heavy (non-hydrogen) atoms. The molecule has 0 saturated carbocycles. The minimum Gasteiger partial charge on any atom is -0.464 e. The molecule has 0 radical (unpaired) electrons. The number of aryl methyl sites for hydroxylation is 1. The van der Waals surface area contributed by atoms with Gasteiger partial charge in [-0.15, -0.1) is 0 Å². The lowest BCUT2D eigenvalue weighted by molar-refractivity contribution is 0.0515. The van der Waals surface area contributed by atoms with Gasteiger partial charge >= 0.3 is 5.97 Å². The van der Waals surface area contributed by atoms with Crippen molar-refractivity contribution in [1.29, 1.82) is 0 Å². The summed E-state index contributed by atoms with van der Waals surface area (Å²) in [5.41, 5.74) is 1.12. The van der Waals surface area contributed by atoms with Crippen molar-refractivity contribution in [2.75, 3.05) is 11.3 Å². The summed E-state index contributed by atoms with van der Waals surface area (Å²) >= 11 is 0. The standard InChI is InChI=1S/C16H16N2O5S/c1-3-22-16(19)14-9-13(10-18(14)2)24(20,21)17-12-5-4-11-6-7-23-15(11)8-12/h4-10,17H,3H2,1-2H3. The lowest BCUT2D eigenvalue weighted by Crippen LogP contribution is -2.12. The fourth-order valence-electron chi connectivity index (χ4n) is 2.32. The molecule has 0 unspecified atom stereocenters. The van der Waals surface area contributed by atoms with Gasteiger partial charge in [-0.05, 0) is 31.2 Å². The highest BCUT2D eigenvalue weighted by Gasteiger charge is 2.21. The summed E-state index contributed by atoms with van der Waals surface area (Å²) in [4.78, 5) is 11.8. The Labute approximate surface area is 138 Å². The molecule has 0 bridgehead atoms. The van der Waals surface area contributed by atoms with Crippen molar-refractivity contribution in [3.8, 4) is 0 Å². The molecule has 8 heteroatoms. The third kappa shape index (κ3) is 3.00. The van der Waals surface area contributed by atoms with Crippen LogP contribution in [0.25, 0.3) is 11.0 Å². The maximum atomic E-state index is 12.5. The van der Waals surface area contributed by atoms with Crippen molar-refractivity contribution >= 4 is 32.6 Å². The Morgan fingerprint density at radius 1 is 1.29 bits per heavy atom. The van der Waals surface area contributed by atoms with Crippen LogP contribution in [0, 0.1) is 0 Å². The van der Waals surface area contributed by atoms with E-state index in [4.69, 9.17) is 9.15 Å². The molecular weight excluding hydrogens is 332 g/mol. The number of benzene rings is 1. The molecule has 3 aromatic rings. The SMILES string of the molecule is CCOC(=O)c1cc(S(=O)(=O)Nc2ccc3ccoc3c2)cn1C. The van der Waals surface area contributed by atoms with Crippen LogP contribution in [0.3, 0.4) is 0 Å². The second-order valence-corrected chi connectivity index (χ2v) is 6.85. The Balaban J connectivity index is 1.90. The number of aromatic nitrogens is 1. The van der Waals surface area contributed by atoms with Crippen LogP contribution in [-0.2, 0) is 21.8 Å². The smallest absolute Gasteiger partial charge is 0.354 e. The fourth-order valence-corrected chi connectivity index (χ4v) is 3.44. The Hall–Kier alpha value is -2.74. The summed E-state index contributed by atoms with van der Waals surface area (Å²) in [6.45, 7) is 1.90. The Bertz CT molecular complexity index is 1000. The topological polar surface area (TPSA) is 90.5 Å². The number of carbonyl (C=O) groups is 1. The molecule has 2 heterocycles. The molecule has 1 aromatic carbocycles. The van der Waals surface area contributed by atoms with Gasteiger partial charge in [0.1, 0.15) is 16.2 Å². The lowest BCUT2D eigenvalue weighted by Gasteiger charge is -2.06. The maximum Gasteiger partial charge on any atom is 0.354 e. The summed E-state index contributed by atoms with van der Waals surface area (Å²) in [5, 5.41) is 0.877. The number of furan rings is 1. The highest BCUT2D eigenvalue weighted by molar-refractivity contribution is 7.92. The monoisotopic (exact) mass is 348 g/mol. The Morgan fingerprint density at radius 2 is 2.08 bits per heavy atom. The molecule has 3 rings (SSSR count). The van der Waals surface area contributed by atoms with E-state index in [9.17, 15) is 13.2 Å². The number of fused-ring (bicyclic) bond motifs is 1. The van der Waals surface area contributed by atoms with Crippen molar-refractivity contribution in [3.05, 3.63) is 48.5 Å². The molecule has 0 amide bonds. The molecule has 0 saturated heterocycles. The third-order valence-electron chi connectivity index (χ3n) is 3.48. The summed E-state index contributed by atoms with van der Waals surface area (Å²) < 4.78 is 39.1. The van der Waals surface area contributed by atoms with E-state index in [0.29, 0.717) is 11.3 Å². The third-order valence-corrected chi connectivity index (χ3v) is 4.83. The van der Waals surface area contributed by atoms with Crippen LogP contribution in [-0.4, -0.2) is 25.6 Å². The largest absolute Gasteiger partial charge is 0.464 e. The molecule has 0 fully saturated rings. The van der Waals surface area contributed by atoms with Gasteiger partial charge in [-0.3, -0.25) is 4.72 Å². The van der Waals surface area contributed by atoms with Crippen LogP contribution in [0.2, 0.25) is 0 Å². The summed E-state index contributed by atoms with van der Waals surface area (Å²) in [5.74, 6) is -0.571. The van der Waals surface area contributed by atoms with Crippen molar-refractivity contribution in [3.63, 3.8) is 0 Å². The van der Waals surface area contributed by atoms with Crippen LogP contribution in [0.5, 0.6) is 0 Å². The number of carbonyl (C=O) groups excluding carboxylic acids is 1. The second-order valence-electron chi connectivity index (χ2n) is 5.17. The lowest BCUT2D eigenvalue weighted by atomic mass is 10.2. The normalized spacial score (nSPS) is 11.6. The zero-order valence-corrected chi connectivity index (χ0v) is 14.0. The van der Waals surface area contributed by atoms with Gasteiger partial charge in [-0.2, -0.15) is 0 Å². The molecule has 0 atom stereocenters. The zero-order valence-electron chi connectivity index (χ0n) is 13.1. The van der Waals surface area contributed by atoms with Crippen LogP contribution in [0.4, 0.5) is 5.69 Å². The number of hydrogen-bond donors (Lipinski definition) is 1. The van der Waals surface area contributed by atoms with Gasteiger partial charge in [0.15, 0.2) is 0 Å². The van der Waals surface area contributed by atoms with Crippen LogP contribution in [0.15, 0.2) is 52.1 Å². The number of anilines is 1. The molecule has 0 aliphatic carbocycles. The second kappa shape index (κ2) is 6.04. The van der Waals surface area contributed by atoms with Gasteiger partial charge in [0.2, 0.25) is 0 Å². The first-order chi connectivity index (χ1) is 11.4. The first-order valence-electron chi connectivity index (χ1n) is 7.24. The van der Waals surface area contributed by atoms with E-state index in [1.807, 2.05) is 0 Å². The average Bonchev–Trinajstić information content (AvgIpc) is 3.13. The minimum absolute atomic E-state index is 0.0207. The van der Waals surface area contributed by atoms with Gasteiger partial charge in [-0.1, -0.05) is 0 Å². The number of esters is 1. The molecule has 126 valence electrons. The van der Waals surface area contributed by atoms with Crippen molar-refractivity contribution in [2.45, 2.75) is 11.8 Å². The van der Waals surface area contributed by atoms with Crippen LogP contribution >= 0.6 is 0 Å². The van der Waals surface area contributed by atoms with Crippen molar-refractivity contribution < 1.29 is 22.4 Å². The molecule has 7 nitrogen and oxygen atoms in total. The van der Waals surface area contributed by atoms with Gasteiger partial charge in [-0.25, -0.2) is 13.2 Å². The Kier molecular flexibility index (Phi) is 4.06. The molecule has 1 N–H and O–H groups in total. The average molecular weight is 348 g/mol. The number of sulfonamides is 1. The van der Waals surface area contributed by atoms with Gasteiger partial charge < -0.3 is 13.7 Å². The summed E-state index contributed by atoms with van der Waals surface area (Å²) in [6, 6.07) is 8.07. The first-order valence-corrected chi connectivity index (χ1v) is 8.72. The molecule has 2 aromatic heterocycles. The van der Waals surface area contributed by atoms with E-state index >= 15 is 0 Å². The summed E-state index contributed by atoms with van der Waals surface area (Å²) in [6.07, 6.45) is 2.89. The molecule has 0 aliphatic heterocycles. The van der Waals surface area contributed by atoms with Crippen molar-refractivity contribution in [2.24, 2.45) is 7.05 Å². The molecule has 0 aliphatic rings. The van der Waals surface area contributed by atoms with Crippen LogP contribution < -0.4 is 4.72 Å². The van der Waals surface area contributed by atoms with Gasteiger partial charge in [0, 0.05) is 24.7 Å². The number of hydrogen-bond acceptors (Lipinski definition) is 5. The number of nitrogens with one attached hydrogen (secondary N) is 1. The highest BCUT2D eigenvalue weighted by Crippen LogP contribution is 2.23. The predicted molar refractivity (Wildman–Crippen MR) is 88.4 cm³/mol. The molecule has 0 spiro atoms. The van der Waals surface area contributed by atoms with E-state index < -0.39 is 16.0 Å². The Morgan fingerprint density at radius 3 is 2.83 bits per heavy atom. The van der Waals surface area contributed by atoms with Gasteiger partial charge in [0.25, 0.3) is 10.0 Å². The van der Waals surface area contributed by atoms with E-state index in [1.54, 1.807) is 38.2 Å². The zero-order chi connectivity index (χ0) is 17.3. The fraction of sp³-hybridized carbons (Fsp3) is 0.188. The van der Waals surface area contributed by atoms with E-state index in [1.165, 1.54) is 23.1 Å². The minimum atomic E-state index is -3.84.